The highest BCUT2D eigenvalue weighted by Crippen LogP contribution is 2.32. The van der Waals surface area contributed by atoms with Crippen LogP contribution in [0.1, 0.15) is 70.3 Å². The molecule has 2 aliphatic rings. The van der Waals surface area contributed by atoms with Crippen molar-refractivity contribution in [2.45, 2.75) is 70.3 Å². The van der Waals surface area contributed by atoms with Crippen LogP contribution < -0.4 is 10.6 Å². The van der Waals surface area contributed by atoms with Gasteiger partial charge in [-0.05, 0) is 42.9 Å². The minimum Gasteiger partial charge on any atom is -0.325 e. The van der Waals surface area contributed by atoms with Gasteiger partial charge in [0, 0.05) is 5.69 Å². The fraction of sp³-hybridized carbons (Fsp3) is 0.571. The summed E-state index contributed by atoms with van der Waals surface area (Å²) in [5.74, 6) is -0.145. The number of nitrogens with zero attached hydrogens (tertiary/aromatic N) is 1. The summed E-state index contributed by atoms with van der Waals surface area (Å²) in [5, 5.41) is 5.65. The lowest BCUT2D eigenvalue weighted by molar-refractivity contribution is -0.134. The molecule has 27 heavy (non-hydrogen) atoms. The molecule has 1 aliphatic carbocycles. The third-order valence-corrected chi connectivity index (χ3v) is 5.88. The second-order valence-electron chi connectivity index (χ2n) is 7.80. The summed E-state index contributed by atoms with van der Waals surface area (Å²) in [7, 11) is 0. The van der Waals surface area contributed by atoms with Crippen LogP contribution in [-0.2, 0) is 9.59 Å². The molecule has 1 aliphatic heterocycles. The molecule has 1 saturated carbocycles. The van der Waals surface area contributed by atoms with Crippen molar-refractivity contribution in [2.24, 2.45) is 0 Å². The molecule has 6 nitrogen and oxygen atoms in total. The van der Waals surface area contributed by atoms with Gasteiger partial charge in [-0.1, -0.05) is 51.7 Å². The molecule has 4 amide bonds. The Balaban J connectivity index is 1.62. The Morgan fingerprint density at radius 2 is 1.78 bits per heavy atom. The Labute approximate surface area is 160 Å². The van der Waals surface area contributed by atoms with Crippen LogP contribution in [0, 0.1) is 0 Å². The van der Waals surface area contributed by atoms with E-state index in [0.717, 1.165) is 37.0 Å². The van der Waals surface area contributed by atoms with Crippen molar-refractivity contribution >= 4 is 23.5 Å². The lowest BCUT2D eigenvalue weighted by Crippen LogP contribution is -2.47. The Hall–Kier alpha value is -2.37. The zero-order valence-corrected chi connectivity index (χ0v) is 16.2. The first-order valence-electron chi connectivity index (χ1n) is 9.99. The molecular formula is C21H29N3O3. The summed E-state index contributed by atoms with van der Waals surface area (Å²) in [6.07, 6.45) is 6.39. The first-order valence-corrected chi connectivity index (χ1v) is 9.99. The first-order chi connectivity index (χ1) is 12.9. The van der Waals surface area contributed by atoms with Gasteiger partial charge in [-0.2, -0.15) is 0 Å². The smallest absolute Gasteiger partial charge is 0.325 e. The number of anilines is 1. The van der Waals surface area contributed by atoms with Gasteiger partial charge in [-0.15, -0.1) is 0 Å². The van der Waals surface area contributed by atoms with Gasteiger partial charge in [0.1, 0.15) is 12.1 Å². The Bertz CT molecular complexity index is 706. The second kappa shape index (κ2) is 8.11. The molecule has 1 spiro atoms. The monoisotopic (exact) mass is 371 g/mol. The summed E-state index contributed by atoms with van der Waals surface area (Å²) in [5.41, 5.74) is 1.09. The van der Waals surface area contributed by atoms with Crippen molar-refractivity contribution in [1.29, 1.82) is 0 Å². The molecule has 1 saturated heterocycles. The predicted octanol–water partition coefficient (Wildman–Crippen LogP) is 3.78. The number of hydrogen-bond donors (Lipinski definition) is 2. The maximum atomic E-state index is 12.8. The molecule has 1 aromatic rings. The molecule has 6 heteroatoms. The highest BCUT2D eigenvalue weighted by Gasteiger charge is 2.51. The van der Waals surface area contributed by atoms with E-state index < -0.39 is 11.6 Å². The summed E-state index contributed by atoms with van der Waals surface area (Å²) < 4.78 is 0. The van der Waals surface area contributed by atoms with E-state index in [2.05, 4.69) is 24.5 Å². The second-order valence-corrected chi connectivity index (χ2v) is 7.80. The third-order valence-electron chi connectivity index (χ3n) is 5.88. The quantitative estimate of drug-likeness (QED) is 0.773. The first kappa shape index (κ1) is 19.4. The van der Waals surface area contributed by atoms with E-state index in [1.54, 1.807) is 0 Å². The molecule has 1 heterocycles. The van der Waals surface area contributed by atoms with Crippen LogP contribution in [0.3, 0.4) is 0 Å². The number of carbonyl (C=O) groups excluding carboxylic acids is 3. The van der Waals surface area contributed by atoms with Crippen LogP contribution in [0.15, 0.2) is 24.3 Å². The number of carbonyl (C=O) groups is 3. The standard InChI is InChI=1S/C21H29N3O3/c1-3-15(2)16-8-10-17(11-9-16)22-18(25)14-24-19(26)21(23-20(24)27)12-6-4-5-7-13-21/h8-11,15H,3-7,12-14H2,1-2H3,(H,22,25)(H,23,27)/t15-/m1/s1. The van der Waals surface area contributed by atoms with Crippen LogP contribution in [0.5, 0.6) is 0 Å². The minimum absolute atomic E-state index is 0.250. The third kappa shape index (κ3) is 4.15. The van der Waals surface area contributed by atoms with Crippen molar-refractivity contribution < 1.29 is 14.4 Å². The van der Waals surface area contributed by atoms with Gasteiger partial charge >= 0.3 is 6.03 Å². The van der Waals surface area contributed by atoms with Crippen molar-refractivity contribution in [1.82, 2.24) is 10.2 Å². The number of nitrogens with one attached hydrogen (secondary N) is 2. The highest BCUT2D eigenvalue weighted by molar-refractivity contribution is 6.10. The number of benzene rings is 1. The molecule has 0 unspecified atom stereocenters. The van der Waals surface area contributed by atoms with Crippen LogP contribution in [0.25, 0.3) is 0 Å². The van der Waals surface area contributed by atoms with Gasteiger partial charge in [0.2, 0.25) is 5.91 Å². The van der Waals surface area contributed by atoms with Crippen molar-refractivity contribution in [3.63, 3.8) is 0 Å². The van der Waals surface area contributed by atoms with Gasteiger partial charge in [0.05, 0.1) is 0 Å². The van der Waals surface area contributed by atoms with Gasteiger partial charge < -0.3 is 10.6 Å². The van der Waals surface area contributed by atoms with Crippen LogP contribution in [-0.4, -0.2) is 34.8 Å². The zero-order chi connectivity index (χ0) is 19.4. The average Bonchev–Trinajstić information content (AvgIpc) is 2.83. The minimum atomic E-state index is -0.800. The number of amides is 4. The normalized spacial score (nSPS) is 20.3. The lowest BCUT2D eigenvalue weighted by Gasteiger charge is -2.24. The molecule has 0 aromatic heterocycles. The molecule has 3 rings (SSSR count). The van der Waals surface area contributed by atoms with Gasteiger partial charge in [0.15, 0.2) is 0 Å². The lowest BCUT2D eigenvalue weighted by atomic mass is 9.90. The predicted molar refractivity (Wildman–Crippen MR) is 104 cm³/mol. The van der Waals surface area contributed by atoms with Gasteiger partial charge in [-0.3, -0.25) is 14.5 Å². The van der Waals surface area contributed by atoms with E-state index in [1.807, 2.05) is 24.3 Å². The molecule has 146 valence electrons. The van der Waals surface area contributed by atoms with E-state index in [1.165, 1.54) is 5.56 Å². The fourth-order valence-electron chi connectivity index (χ4n) is 3.97. The fourth-order valence-corrected chi connectivity index (χ4v) is 3.97. The summed E-state index contributed by atoms with van der Waals surface area (Å²) in [6.45, 7) is 4.05. The largest absolute Gasteiger partial charge is 0.325 e. The van der Waals surface area contributed by atoms with Crippen molar-refractivity contribution in [2.75, 3.05) is 11.9 Å². The van der Waals surface area contributed by atoms with Gasteiger partial charge in [0.25, 0.3) is 5.91 Å². The Morgan fingerprint density at radius 1 is 1.15 bits per heavy atom. The van der Waals surface area contributed by atoms with Crippen molar-refractivity contribution in [3.05, 3.63) is 29.8 Å². The van der Waals surface area contributed by atoms with E-state index in [9.17, 15) is 14.4 Å². The van der Waals surface area contributed by atoms with Crippen LogP contribution in [0.4, 0.5) is 10.5 Å². The highest BCUT2D eigenvalue weighted by atomic mass is 16.2. The van der Waals surface area contributed by atoms with Crippen LogP contribution >= 0.6 is 0 Å². The number of hydrogen-bond acceptors (Lipinski definition) is 3. The van der Waals surface area contributed by atoms with E-state index in [4.69, 9.17) is 0 Å². The molecule has 0 radical (unpaired) electrons. The summed E-state index contributed by atoms with van der Waals surface area (Å²) in [6, 6.07) is 7.26. The van der Waals surface area contributed by atoms with Gasteiger partial charge in [-0.25, -0.2) is 4.79 Å². The number of urea groups is 1. The molecule has 1 aromatic carbocycles. The zero-order valence-electron chi connectivity index (χ0n) is 16.2. The average molecular weight is 371 g/mol. The number of rotatable bonds is 5. The molecular weight excluding hydrogens is 342 g/mol. The topological polar surface area (TPSA) is 78.5 Å². The molecule has 0 bridgehead atoms. The SMILES string of the molecule is CC[C@@H](C)c1ccc(NC(=O)CN2C(=O)NC3(CCCCCC3)C2=O)cc1. The Kier molecular flexibility index (Phi) is 5.82. The maximum Gasteiger partial charge on any atom is 0.325 e. The Morgan fingerprint density at radius 3 is 2.37 bits per heavy atom. The number of imide groups is 1. The van der Waals surface area contributed by atoms with E-state index in [-0.39, 0.29) is 18.4 Å². The molecule has 1 atom stereocenters. The maximum absolute atomic E-state index is 12.8. The van der Waals surface area contributed by atoms with E-state index in [0.29, 0.717) is 24.4 Å². The van der Waals surface area contributed by atoms with Crippen LogP contribution in [0.2, 0.25) is 0 Å². The summed E-state index contributed by atoms with van der Waals surface area (Å²) in [4.78, 5) is 38.6. The molecule has 2 fully saturated rings. The van der Waals surface area contributed by atoms with E-state index >= 15 is 0 Å². The molecule has 2 N–H and O–H groups in total. The summed E-state index contributed by atoms with van der Waals surface area (Å²) >= 11 is 0. The van der Waals surface area contributed by atoms with Crippen molar-refractivity contribution in [3.8, 4) is 0 Å².